The van der Waals surface area contributed by atoms with Crippen LogP contribution >= 0.6 is 0 Å². The number of carbonyl (C=O) groups excluding carboxylic acids is 1. The Bertz CT molecular complexity index is 406. The zero-order chi connectivity index (χ0) is 16.9. The van der Waals surface area contributed by atoms with Gasteiger partial charge in [0.1, 0.15) is 0 Å². The molecule has 3 atom stereocenters. The first-order valence-corrected chi connectivity index (χ1v) is 10.4. The molecule has 0 aromatic heterocycles. The Morgan fingerprint density at radius 1 is 1.04 bits per heavy atom. The molecule has 1 unspecified atom stereocenters. The standard InChI is InChI=1S/C20H37N3O/c1-16-15-19(6-10-21-16)20(24)23-13-8-18(9-14-23)7-12-22-11-4-3-5-17(22)2/h16-19,21H,3-15H2,1-2H3/t16-,17?,19-/m0/s1. The number of rotatable bonds is 4. The summed E-state index contributed by atoms with van der Waals surface area (Å²) in [5.41, 5.74) is 0. The minimum absolute atomic E-state index is 0.270. The molecule has 4 nitrogen and oxygen atoms in total. The zero-order valence-electron chi connectivity index (χ0n) is 15.8. The Kier molecular flexibility index (Phi) is 6.56. The van der Waals surface area contributed by atoms with Crippen LogP contribution in [-0.4, -0.2) is 60.5 Å². The number of piperidine rings is 3. The van der Waals surface area contributed by atoms with Gasteiger partial charge in [-0.05, 0) is 84.3 Å². The van der Waals surface area contributed by atoms with Gasteiger partial charge in [-0.25, -0.2) is 0 Å². The van der Waals surface area contributed by atoms with Gasteiger partial charge in [-0.15, -0.1) is 0 Å². The number of hydrogen-bond acceptors (Lipinski definition) is 3. The predicted octanol–water partition coefficient (Wildman–Crippen LogP) is 2.88. The Balaban J connectivity index is 1.38. The average molecular weight is 336 g/mol. The molecule has 0 saturated carbocycles. The average Bonchev–Trinajstić information content (AvgIpc) is 2.61. The van der Waals surface area contributed by atoms with E-state index < -0.39 is 0 Å². The molecule has 0 bridgehead atoms. The lowest BCUT2D eigenvalue weighted by Gasteiger charge is -2.38. The van der Waals surface area contributed by atoms with E-state index in [1.54, 1.807) is 0 Å². The Labute approximate surface area is 148 Å². The first kappa shape index (κ1) is 18.2. The third-order valence-electron chi connectivity index (χ3n) is 6.66. The Morgan fingerprint density at radius 3 is 2.54 bits per heavy atom. The molecule has 0 aromatic carbocycles. The van der Waals surface area contributed by atoms with Crippen LogP contribution in [-0.2, 0) is 4.79 Å². The maximum Gasteiger partial charge on any atom is 0.225 e. The van der Waals surface area contributed by atoms with Gasteiger partial charge in [0.2, 0.25) is 5.91 Å². The number of hydrogen-bond donors (Lipinski definition) is 1. The summed E-state index contributed by atoms with van der Waals surface area (Å²) < 4.78 is 0. The summed E-state index contributed by atoms with van der Waals surface area (Å²) in [4.78, 5) is 17.6. The molecule has 0 aliphatic carbocycles. The van der Waals surface area contributed by atoms with Crippen molar-refractivity contribution in [2.24, 2.45) is 11.8 Å². The Hall–Kier alpha value is -0.610. The van der Waals surface area contributed by atoms with Crippen molar-refractivity contribution in [2.45, 2.75) is 77.3 Å². The van der Waals surface area contributed by atoms with Gasteiger partial charge in [0.15, 0.2) is 0 Å². The lowest BCUT2D eigenvalue weighted by atomic mass is 9.89. The SMILES string of the molecule is CC1CCCCN1CCC1CCN(C(=O)[C@H]2CCN[C@@H](C)C2)CC1. The van der Waals surface area contributed by atoms with Crippen molar-refractivity contribution in [1.29, 1.82) is 0 Å². The molecule has 24 heavy (non-hydrogen) atoms. The van der Waals surface area contributed by atoms with Crippen molar-refractivity contribution in [2.75, 3.05) is 32.7 Å². The van der Waals surface area contributed by atoms with E-state index in [-0.39, 0.29) is 5.92 Å². The molecule has 3 aliphatic heterocycles. The number of likely N-dealkylation sites (tertiary alicyclic amines) is 2. The fourth-order valence-corrected chi connectivity index (χ4v) is 4.89. The lowest BCUT2D eigenvalue weighted by Crippen LogP contribution is -2.47. The van der Waals surface area contributed by atoms with Crippen LogP contribution in [0.25, 0.3) is 0 Å². The lowest BCUT2D eigenvalue weighted by molar-refractivity contribution is -0.138. The van der Waals surface area contributed by atoms with E-state index in [1.165, 1.54) is 51.6 Å². The number of amides is 1. The normalized spacial score (nSPS) is 33.6. The van der Waals surface area contributed by atoms with E-state index in [0.717, 1.165) is 44.4 Å². The second-order valence-corrected chi connectivity index (χ2v) is 8.51. The molecule has 3 rings (SSSR count). The fraction of sp³-hybridized carbons (Fsp3) is 0.950. The van der Waals surface area contributed by atoms with Crippen LogP contribution in [0.4, 0.5) is 0 Å². The maximum absolute atomic E-state index is 12.7. The molecule has 3 aliphatic rings. The summed E-state index contributed by atoms with van der Waals surface area (Å²) in [5, 5.41) is 3.45. The van der Waals surface area contributed by atoms with Gasteiger partial charge in [-0.2, -0.15) is 0 Å². The molecule has 0 aromatic rings. The molecular weight excluding hydrogens is 298 g/mol. The van der Waals surface area contributed by atoms with E-state index >= 15 is 0 Å². The van der Waals surface area contributed by atoms with Gasteiger partial charge >= 0.3 is 0 Å². The summed E-state index contributed by atoms with van der Waals surface area (Å²) in [6.45, 7) is 10.2. The van der Waals surface area contributed by atoms with E-state index in [1.807, 2.05) is 0 Å². The fourth-order valence-electron chi connectivity index (χ4n) is 4.89. The summed E-state index contributed by atoms with van der Waals surface area (Å²) in [6.07, 6.45) is 9.97. The van der Waals surface area contributed by atoms with Crippen molar-refractivity contribution in [1.82, 2.24) is 15.1 Å². The summed E-state index contributed by atoms with van der Waals surface area (Å²) in [6, 6.07) is 1.28. The van der Waals surface area contributed by atoms with Gasteiger partial charge in [-0.1, -0.05) is 6.42 Å². The summed E-state index contributed by atoms with van der Waals surface area (Å²) >= 11 is 0. The van der Waals surface area contributed by atoms with E-state index in [9.17, 15) is 4.79 Å². The molecule has 3 fully saturated rings. The summed E-state index contributed by atoms with van der Waals surface area (Å²) in [7, 11) is 0. The van der Waals surface area contributed by atoms with Crippen molar-refractivity contribution >= 4 is 5.91 Å². The van der Waals surface area contributed by atoms with Crippen LogP contribution < -0.4 is 5.32 Å². The van der Waals surface area contributed by atoms with E-state index in [2.05, 4.69) is 29.0 Å². The first-order chi connectivity index (χ1) is 11.6. The van der Waals surface area contributed by atoms with Gasteiger partial charge in [0.25, 0.3) is 0 Å². The van der Waals surface area contributed by atoms with Crippen LogP contribution in [0, 0.1) is 11.8 Å². The van der Waals surface area contributed by atoms with Crippen molar-refractivity contribution in [3.8, 4) is 0 Å². The van der Waals surface area contributed by atoms with Crippen LogP contribution in [0.3, 0.4) is 0 Å². The van der Waals surface area contributed by atoms with Gasteiger partial charge < -0.3 is 15.1 Å². The van der Waals surface area contributed by atoms with Gasteiger partial charge in [0.05, 0.1) is 0 Å². The van der Waals surface area contributed by atoms with Crippen LogP contribution in [0.1, 0.15) is 65.2 Å². The third-order valence-corrected chi connectivity index (χ3v) is 6.66. The molecule has 3 saturated heterocycles. The second-order valence-electron chi connectivity index (χ2n) is 8.51. The molecule has 0 radical (unpaired) electrons. The topological polar surface area (TPSA) is 35.6 Å². The molecule has 1 N–H and O–H groups in total. The third kappa shape index (κ3) is 4.72. The number of nitrogens with one attached hydrogen (secondary N) is 1. The van der Waals surface area contributed by atoms with Gasteiger partial charge in [-0.3, -0.25) is 4.79 Å². The summed E-state index contributed by atoms with van der Waals surface area (Å²) in [5.74, 6) is 1.54. The highest BCUT2D eigenvalue weighted by molar-refractivity contribution is 5.79. The van der Waals surface area contributed by atoms with Gasteiger partial charge in [0, 0.05) is 31.1 Å². The molecule has 4 heteroatoms. The second kappa shape index (κ2) is 8.66. The predicted molar refractivity (Wildman–Crippen MR) is 99.0 cm³/mol. The number of nitrogens with zero attached hydrogens (tertiary/aromatic N) is 2. The van der Waals surface area contributed by atoms with Crippen LogP contribution in [0.15, 0.2) is 0 Å². The maximum atomic E-state index is 12.7. The molecule has 3 heterocycles. The van der Waals surface area contributed by atoms with E-state index in [4.69, 9.17) is 0 Å². The van der Waals surface area contributed by atoms with Crippen molar-refractivity contribution < 1.29 is 4.79 Å². The Morgan fingerprint density at radius 2 is 1.83 bits per heavy atom. The number of carbonyl (C=O) groups is 1. The largest absolute Gasteiger partial charge is 0.342 e. The van der Waals surface area contributed by atoms with Crippen LogP contribution in [0.5, 0.6) is 0 Å². The van der Waals surface area contributed by atoms with Crippen molar-refractivity contribution in [3.63, 3.8) is 0 Å². The smallest absolute Gasteiger partial charge is 0.225 e. The minimum Gasteiger partial charge on any atom is -0.342 e. The minimum atomic E-state index is 0.270. The molecule has 0 spiro atoms. The van der Waals surface area contributed by atoms with E-state index in [0.29, 0.717) is 11.9 Å². The first-order valence-electron chi connectivity index (χ1n) is 10.4. The zero-order valence-corrected chi connectivity index (χ0v) is 15.8. The molecule has 1 amide bonds. The highest BCUT2D eigenvalue weighted by Crippen LogP contribution is 2.26. The van der Waals surface area contributed by atoms with Crippen molar-refractivity contribution in [3.05, 3.63) is 0 Å². The monoisotopic (exact) mass is 335 g/mol. The van der Waals surface area contributed by atoms with Crippen LogP contribution in [0.2, 0.25) is 0 Å². The highest BCUT2D eigenvalue weighted by atomic mass is 16.2. The highest BCUT2D eigenvalue weighted by Gasteiger charge is 2.31. The quantitative estimate of drug-likeness (QED) is 0.858. The molecular formula is C20H37N3O. The molecule has 138 valence electrons.